The van der Waals surface area contributed by atoms with E-state index in [9.17, 15) is 0 Å². The first-order valence-corrected chi connectivity index (χ1v) is 5.01. The van der Waals surface area contributed by atoms with Gasteiger partial charge in [0.2, 0.25) is 0 Å². The Kier molecular flexibility index (Phi) is 3.61. The molecule has 1 atom stereocenters. The average molecular weight is 198 g/mol. The summed E-state index contributed by atoms with van der Waals surface area (Å²) in [5.74, 6) is 0. The van der Waals surface area contributed by atoms with Crippen LogP contribution in [0.2, 0.25) is 5.02 Å². The molecule has 0 N–H and O–H groups in total. The number of hydrogen-bond donors (Lipinski definition) is 0. The Hall–Kier alpha value is -0.690. The quantitative estimate of drug-likeness (QED) is 0.716. The van der Waals surface area contributed by atoms with E-state index >= 15 is 0 Å². The van der Waals surface area contributed by atoms with Crippen LogP contribution in [0, 0.1) is 0 Å². The minimum absolute atomic E-state index is 0.571. The Morgan fingerprint density at radius 1 is 1.31 bits per heavy atom. The minimum atomic E-state index is 0.571. The van der Waals surface area contributed by atoms with E-state index in [1.54, 1.807) is 0 Å². The van der Waals surface area contributed by atoms with E-state index in [-0.39, 0.29) is 0 Å². The van der Waals surface area contributed by atoms with Gasteiger partial charge in [-0.05, 0) is 37.6 Å². The second-order valence-electron chi connectivity index (χ2n) is 3.34. The van der Waals surface area contributed by atoms with E-state index in [1.807, 2.05) is 12.1 Å². The van der Waals surface area contributed by atoms with Gasteiger partial charge in [0.1, 0.15) is 0 Å². The largest absolute Gasteiger partial charge is 0.372 e. The van der Waals surface area contributed by atoms with Crippen molar-refractivity contribution in [1.29, 1.82) is 0 Å². The highest BCUT2D eigenvalue weighted by atomic mass is 35.5. The van der Waals surface area contributed by atoms with Crippen LogP contribution >= 0.6 is 11.6 Å². The van der Waals surface area contributed by atoms with E-state index in [1.165, 1.54) is 5.69 Å². The van der Waals surface area contributed by atoms with Crippen molar-refractivity contribution in [3.8, 4) is 0 Å². The Balaban J connectivity index is 2.77. The van der Waals surface area contributed by atoms with Gasteiger partial charge < -0.3 is 4.90 Å². The standard InChI is InChI=1S/C11H16ClN/c1-4-9(2)13(3)11-7-5-10(12)6-8-11/h5-9H,4H2,1-3H3. The summed E-state index contributed by atoms with van der Waals surface area (Å²) in [6.07, 6.45) is 1.15. The molecular formula is C11H16ClN. The lowest BCUT2D eigenvalue weighted by Crippen LogP contribution is -2.27. The topological polar surface area (TPSA) is 3.24 Å². The predicted molar refractivity (Wildman–Crippen MR) is 59.6 cm³/mol. The van der Waals surface area contributed by atoms with Crippen LogP contribution in [-0.4, -0.2) is 13.1 Å². The number of halogens is 1. The lowest BCUT2D eigenvalue weighted by molar-refractivity contribution is 0.664. The molecule has 0 spiro atoms. The summed E-state index contributed by atoms with van der Waals surface area (Å²) in [4.78, 5) is 2.26. The fourth-order valence-corrected chi connectivity index (χ4v) is 1.33. The zero-order chi connectivity index (χ0) is 9.84. The maximum atomic E-state index is 5.81. The van der Waals surface area contributed by atoms with Crippen molar-refractivity contribution < 1.29 is 0 Å². The summed E-state index contributed by atoms with van der Waals surface area (Å²) in [5, 5.41) is 0.793. The third kappa shape index (κ3) is 2.63. The maximum Gasteiger partial charge on any atom is 0.0407 e. The Morgan fingerprint density at radius 2 is 1.85 bits per heavy atom. The zero-order valence-electron chi connectivity index (χ0n) is 8.42. The summed E-state index contributed by atoms with van der Waals surface area (Å²) >= 11 is 5.81. The fourth-order valence-electron chi connectivity index (χ4n) is 1.20. The van der Waals surface area contributed by atoms with Crippen LogP contribution in [0.1, 0.15) is 20.3 Å². The van der Waals surface area contributed by atoms with Gasteiger partial charge in [0, 0.05) is 23.8 Å². The van der Waals surface area contributed by atoms with E-state index in [0.717, 1.165) is 11.4 Å². The van der Waals surface area contributed by atoms with E-state index in [4.69, 9.17) is 11.6 Å². The Labute approximate surface area is 85.3 Å². The van der Waals surface area contributed by atoms with Crippen molar-refractivity contribution in [2.24, 2.45) is 0 Å². The molecule has 0 aliphatic carbocycles. The second kappa shape index (κ2) is 4.52. The molecule has 1 nitrogen and oxygen atoms in total. The molecule has 0 aromatic heterocycles. The number of nitrogens with zero attached hydrogens (tertiary/aromatic N) is 1. The summed E-state index contributed by atoms with van der Waals surface area (Å²) in [5.41, 5.74) is 1.22. The highest BCUT2D eigenvalue weighted by Gasteiger charge is 2.06. The van der Waals surface area contributed by atoms with E-state index in [2.05, 4.69) is 37.9 Å². The SMILES string of the molecule is CCC(C)N(C)c1ccc(Cl)cc1. The summed E-state index contributed by atoms with van der Waals surface area (Å²) < 4.78 is 0. The van der Waals surface area contributed by atoms with E-state index in [0.29, 0.717) is 6.04 Å². The second-order valence-corrected chi connectivity index (χ2v) is 3.78. The van der Waals surface area contributed by atoms with Crippen LogP contribution in [-0.2, 0) is 0 Å². The van der Waals surface area contributed by atoms with Crippen molar-refractivity contribution in [2.75, 3.05) is 11.9 Å². The molecule has 0 saturated carbocycles. The Morgan fingerprint density at radius 3 is 2.31 bits per heavy atom. The van der Waals surface area contributed by atoms with Crippen LogP contribution < -0.4 is 4.90 Å². The molecule has 1 rings (SSSR count). The normalized spacial score (nSPS) is 12.6. The number of hydrogen-bond acceptors (Lipinski definition) is 1. The van der Waals surface area contributed by atoms with Gasteiger partial charge >= 0.3 is 0 Å². The summed E-state index contributed by atoms with van der Waals surface area (Å²) in [6, 6.07) is 8.52. The molecule has 0 bridgehead atoms. The monoisotopic (exact) mass is 197 g/mol. The molecule has 13 heavy (non-hydrogen) atoms. The van der Waals surface area contributed by atoms with Crippen LogP contribution in [0.25, 0.3) is 0 Å². The molecule has 0 radical (unpaired) electrons. The minimum Gasteiger partial charge on any atom is -0.372 e. The molecule has 1 aromatic carbocycles. The third-order valence-corrected chi connectivity index (χ3v) is 2.74. The fraction of sp³-hybridized carbons (Fsp3) is 0.455. The molecular weight excluding hydrogens is 182 g/mol. The zero-order valence-corrected chi connectivity index (χ0v) is 9.17. The number of benzene rings is 1. The summed E-state index contributed by atoms with van der Waals surface area (Å²) in [7, 11) is 2.11. The molecule has 0 saturated heterocycles. The smallest absolute Gasteiger partial charge is 0.0407 e. The molecule has 72 valence electrons. The van der Waals surface area contributed by atoms with Crippen molar-refractivity contribution >= 4 is 17.3 Å². The lowest BCUT2D eigenvalue weighted by atomic mass is 10.2. The van der Waals surface area contributed by atoms with Gasteiger partial charge in [-0.2, -0.15) is 0 Å². The van der Waals surface area contributed by atoms with Crippen LogP contribution in [0.5, 0.6) is 0 Å². The molecule has 1 unspecified atom stereocenters. The molecule has 0 fully saturated rings. The van der Waals surface area contributed by atoms with Gasteiger partial charge in [-0.1, -0.05) is 18.5 Å². The lowest BCUT2D eigenvalue weighted by Gasteiger charge is -2.25. The Bertz CT molecular complexity index is 255. The molecule has 0 aliphatic heterocycles. The maximum absolute atomic E-state index is 5.81. The van der Waals surface area contributed by atoms with Gasteiger partial charge in [-0.25, -0.2) is 0 Å². The van der Waals surface area contributed by atoms with Gasteiger partial charge in [0.05, 0.1) is 0 Å². The van der Waals surface area contributed by atoms with Gasteiger partial charge in [-0.15, -0.1) is 0 Å². The molecule has 0 aliphatic rings. The van der Waals surface area contributed by atoms with Crippen molar-refractivity contribution in [3.05, 3.63) is 29.3 Å². The van der Waals surface area contributed by atoms with Crippen LogP contribution in [0.3, 0.4) is 0 Å². The molecule has 1 aromatic rings. The average Bonchev–Trinajstić information content (AvgIpc) is 2.17. The highest BCUT2D eigenvalue weighted by Crippen LogP contribution is 2.19. The van der Waals surface area contributed by atoms with Crippen LogP contribution in [0.15, 0.2) is 24.3 Å². The molecule has 0 heterocycles. The highest BCUT2D eigenvalue weighted by molar-refractivity contribution is 6.30. The first-order chi connectivity index (χ1) is 6.15. The number of anilines is 1. The van der Waals surface area contributed by atoms with Crippen molar-refractivity contribution in [1.82, 2.24) is 0 Å². The van der Waals surface area contributed by atoms with Gasteiger partial charge in [0.15, 0.2) is 0 Å². The molecule has 0 amide bonds. The predicted octanol–water partition coefficient (Wildman–Crippen LogP) is 3.57. The first kappa shape index (κ1) is 10.4. The van der Waals surface area contributed by atoms with Crippen molar-refractivity contribution in [3.63, 3.8) is 0 Å². The summed E-state index contributed by atoms with van der Waals surface area (Å²) in [6.45, 7) is 4.41. The van der Waals surface area contributed by atoms with Gasteiger partial charge in [0.25, 0.3) is 0 Å². The van der Waals surface area contributed by atoms with Gasteiger partial charge in [-0.3, -0.25) is 0 Å². The van der Waals surface area contributed by atoms with E-state index < -0.39 is 0 Å². The van der Waals surface area contributed by atoms with Crippen molar-refractivity contribution in [2.45, 2.75) is 26.3 Å². The number of rotatable bonds is 3. The third-order valence-electron chi connectivity index (χ3n) is 2.49. The first-order valence-electron chi connectivity index (χ1n) is 4.63. The van der Waals surface area contributed by atoms with Crippen LogP contribution in [0.4, 0.5) is 5.69 Å². The molecule has 2 heteroatoms.